The van der Waals surface area contributed by atoms with Gasteiger partial charge in [0.1, 0.15) is 11.6 Å². The molecule has 1 aliphatic rings. The molecular weight excluding hydrogens is 372 g/mol. The number of allylic oxidation sites excluding steroid dienone is 1. The smallest absolute Gasteiger partial charge is 0.408 e. The lowest BCUT2D eigenvalue weighted by molar-refractivity contribution is -0.141. The van der Waals surface area contributed by atoms with Crippen molar-refractivity contribution in [2.24, 2.45) is 0 Å². The van der Waals surface area contributed by atoms with Crippen molar-refractivity contribution < 1.29 is 23.8 Å². The van der Waals surface area contributed by atoms with E-state index in [9.17, 15) is 9.59 Å². The van der Waals surface area contributed by atoms with Crippen LogP contribution in [0.4, 0.5) is 4.79 Å². The lowest BCUT2D eigenvalue weighted by Crippen LogP contribution is -2.57. The number of carbonyl (C=O) groups is 2. The summed E-state index contributed by atoms with van der Waals surface area (Å²) in [7, 11) is 1.64. The maximum Gasteiger partial charge on any atom is 0.408 e. The van der Waals surface area contributed by atoms with Gasteiger partial charge in [0.25, 0.3) is 0 Å². The van der Waals surface area contributed by atoms with Crippen LogP contribution >= 0.6 is 0 Å². The molecule has 0 spiro atoms. The van der Waals surface area contributed by atoms with Crippen molar-refractivity contribution in [3.05, 3.63) is 12.7 Å². The van der Waals surface area contributed by atoms with E-state index < -0.39 is 23.8 Å². The summed E-state index contributed by atoms with van der Waals surface area (Å²) < 4.78 is 16.9. The van der Waals surface area contributed by atoms with Crippen LogP contribution in [0.2, 0.25) is 0 Å². The summed E-state index contributed by atoms with van der Waals surface area (Å²) in [5, 5.41) is 2.79. The first-order valence-electron chi connectivity index (χ1n) is 10.7. The van der Waals surface area contributed by atoms with Crippen molar-refractivity contribution >= 4 is 12.0 Å². The first-order valence-corrected chi connectivity index (χ1v) is 10.7. The summed E-state index contributed by atoms with van der Waals surface area (Å²) >= 11 is 0. The molecule has 168 valence electrons. The van der Waals surface area contributed by atoms with Crippen LogP contribution in [0.5, 0.6) is 0 Å². The first-order chi connectivity index (χ1) is 13.6. The molecule has 0 radical (unpaired) electrons. The SMILES string of the molecule is C=CCCC(C)OC(CC)C(NC(=O)OC(C)(C)C)C(=O)N1CCCC1COC. The van der Waals surface area contributed by atoms with Crippen LogP contribution in [0, 0.1) is 0 Å². The third kappa shape index (κ3) is 8.74. The van der Waals surface area contributed by atoms with Gasteiger partial charge in [-0.05, 0) is 59.8 Å². The summed E-state index contributed by atoms with van der Waals surface area (Å²) in [4.78, 5) is 27.7. The fraction of sp³-hybridized carbons (Fsp3) is 0.818. The molecule has 4 unspecified atom stereocenters. The zero-order valence-electron chi connectivity index (χ0n) is 19.0. The number of hydrogen-bond acceptors (Lipinski definition) is 5. The molecule has 1 rings (SSSR count). The van der Waals surface area contributed by atoms with E-state index in [-0.39, 0.29) is 18.1 Å². The van der Waals surface area contributed by atoms with Crippen LogP contribution in [0.15, 0.2) is 12.7 Å². The fourth-order valence-electron chi connectivity index (χ4n) is 3.55. The quantitative estimate of drug-likeness (QED) is 0.524. The van der Waals surface area contributed by atoms with Crippen LogP contribution in [-0.4, -0.2) is 67.1 Å². The standard InChI is InChI=1S/C22H40N2O5/c1-8-10-12-16(3)28-18(9-2)19(23-21(26)29-22(4,5)6)20(25)24-14-11-13-17(24)15-27-7/h8,16-19H,1,9-15H2,2-7H3,(H,23,26). The van der Waals surface area contributed by atoms with Gasteiger partial charge in [-0.3, -0.25) is 4.79 Å². The largest absolute Gasteiger partial charge is 0.444 e. The predicted molar refractivity (Wildman–Crippen MR) is 114 cm³/mol. The Morgan fingerprint density at radius 1 is 1.34 bits per heavy atom. The number of ether oxygens (including phenoxy) is 3. The van der Waals surface area contributed by atoms with Gasteiger partial charge in [-0.25, -0.2) is 4.79 Å². The van der Waals surface area contributed by atoms with Crippen LogP contribution in [0.25, 0.3) is 0 Å². The molecule has 0 bridgehead atoms. The van der Waals surface area contributed by atoms with E-state index in [0.717, 1.165) is 25.7 Å². The van der Waals surface area contributed by atoms with Gasteiger partial charge in [0.05, 0.1) is 24.9 Å². The lowest BCUT2D eigenvalue weighted by Gasteiger charge is -2.34. The summed E-state index contributed by atoms with van der Waals surface area (Å²) in [6.45, 7) is 14.2. The molecular formula is C22H40N2O5. The summed E-state index contributed by atoms with van der Waals surface area (Å²) in [5.74, 6) is -0.141. The number of hydrogen-bond donors (Lipinski definition) is 1. The van der Waals surface area contributed by atoms with Crippen LogP contribution in [-0.2, 0) is 19.0 Å². The second-order valence-corrected chi connectivity index (χ2v) is 8.67. The third-order valence-corrected chi connectivity index (χ3v) is 4.92. The number of nitrogens with one attached hydrogen (secondary N) is 1. The molecule has 1 heterocycles. The summed E-state index contributed by atoms with van der Waals surface area (Å²) in [6, 6.07) is -0.787. The average Bonchev–Trinajstić information content (AvgIpc) is 3.09. The van der Waals surface area contributed by atoms with Crippen molar-refractivity contribution in [2.75, 3.05) is 20.3 Å². The summed E-state index contributed by atoms with van der Waals surface area (Å²) in [6.07, 6.45) is 4.79. The average molecular weight is 413 g/mol. The Morgan fingerprint density at radius 3 is 2.59 bits per heavy atom. The highest BCUT2D eigenvalue weighted by atomic mass is 16.6. The van der Waals surface area contributed by atoms with E-state index in [1.54, 1.807) is 27.9 Å². The Labute approximate surface area is 176 Å². The minimum absolute atomic E-state index is 0.0196. The molecule has 4 atom stereocenters. The minimum atomic E-state index is -0.807. The van der Waals surface area contributed by atoms with Crippen molar-refractivity contribution in [3.63, 3.8) is 0 Å². The zero-order chi connectivity index (χ0) is 22.0. The topological polar surface area (TPSA) is 77.1 Å². The fourth-order valence-corrected chi connectivity index (χ4v) is 3.55. The molecule has 1 aliphatic heterocycles. The molecule has 1 saturated heterocycles. The number of rotatable bonds is 11. The molecule has 1 fully saturated rings. The lowest BCUT2D eigenvalue weighted by atomic mass is 10.1. The highest BCUT2D eigenvalue weighted by molar-refractivity contribution is 5.87. The number of carbonyl (C=O) groups excluding carboxylic acids is 2. The molecule has 0 saturated carbocycles. The number of likely N-dealkylation sites (tertiary alicyclic amines) is 1. The molecule has 1 N–H and O–H groups in total. The molecule has 29 heavy (non-hydrogen) atoms. The van der Waals surface area contributed by atoms with Gasteiger partial charge < -0.3 is 24.4 Å². The van der Waals surface area contributed by atoms with Crippen LogP contribution in [0.3, 0.4) is 0 Å². The van der Waals surface area contributed by atoms with Gasteiger partial charge in [-0.1, -0.05) is 13.0 Å². The number of nitrogens with zero attached hydrogens (tertiary/aromatic N) is 1. The highest BCUT2D eigenvalue weighted by Gasteiger charge is 2.39. The minimum Gasteiger partial charge on any atom is -0.444 e. The zero-order valence-corrected chi connectivity index (χ0v) is 19.0. The number of methoxy groups -OCH3 is 1. The maximum absolute atomic E-state index is 13.4. The first kappa shape index (κ1) is 25.4. The predicted octanol–water partition coefficient (Wildman–Crippen LogP) is 3.67. The van der Waals surface area contributed by atoms with E-state index in [4.69, 9.17) is 14.2 Å². The number of alkyl carbamates (subject to hydrolysis) is 1. The molecule has 0 aromatic rings. The molecule has 0 aromatic carbocycles. The molecule has 0 aliphatic carbocycles. The summed E-state index contributed by atoms with van der Waals surface area (Å²) in [5.41, 5.74) is -0.649. The normalized spacial score (nSPS) is 20.1. The van der Waals surface area contributed by atoms with Gasteiger partial charge in [0, 0.05) is 13.7 Å². The number of amides is 2. The second-order valence-electron chi connectivity index (χ2n) is 8.67. The Kier molecular flexibility index (Phi) is 10.7. The Hall–Kier alpha value is -1.60. The Morgan fingerprint density at radius 2 is 2.03 bits per heavy atom. The van der Waals surface area contributed by atoms with Crippen molar-refractivity contribution in [2.45, 2.75) is 96.6 Å². The van der Waals surface area contributed by atoms with E-state index in [1.165, 1.54) is 0 Å². The van der Waals surface area contributed by atoms with Crippen LogP contribution in [0.1, 0.15) is 66.7 Å². The van der Waals surface area contributed by atoms with Gasteiger partial charge in [0.15, 0.2) is 0 Å². The van der Waals surface area contributed by atoms with E-state index in [2.05, 4.69) is 11.9 Å². The molecule has 2 amide bonds. The van der Waals surface area contributed by atoms with Gasteiger partial charge >= 0.3 is 6.09 Å². The second kappa shape index (κ2) is 12.2. The molecule has 7 nitrogen and oxygen atoms in total. The highest BCUT2D eigenvalue weighted by Crippen LogP contribution is 2.22. The van der Waals surface area contributed by atoms with Crippen LogP contribution < -0.4 is 5.32 Å². The molecule has 0 aromatic heterocycles. The van der Waals surface area contributed by atoms with E-state index in [1.807, 2.05) is 24.8 Å². The van der Waals surface area contributed by atoms with Gasteiger partial charge in [-0.2, -0.15) is 0 Å². The van der Waals surface area contributed by atoms with Crippen molar-refractivity contribution in [3.8, 4) is 0 Å². The molecule has 7 heteroatoms. The Balaban J connectivity index is 3.00. The van der Waals surface area contributed by atoms with Crippen molar-refractivity contribution in [1.82, 2.24) is 10.2 Å². The van der Waals surface area contributed by atoms with Crippen molar-refractivity contribution in [1.29, 1.82) is 0 Å². The van der Waals surface area contributed by atoms with E-state index in [0.29, 0.717) is 19.6 Å². The van der Waals surface area contributed by atoms with E-state index >= 15 is 0 Å². The third-order valence-electron chi connectivity index (χ3n) is 4.92. The van der Waals surface area contributed by atoms with Gasteiger partial charge in [-0.15, -0.1) is 6.58 Å². The Bertz CT molecular complexity index is 532. The van der Waals surface area contributed by atoms with Gasteiger partial charge in [0.2, 0.25) is 5.91 Å². The monoisotopic (exact) mass is 412 g/mol. The maximum atomic E-state index is 13.4.